The Morgan fingerprint density at radius 1 is 1.18 bits per heavy atom. The molecule has 1 aliphatic carbocycles. The van der Waals surface area contributed by atoms with Crippen molar-refractivity contribution in [1.29, 1.82) is 0 Å². The van der Waals surface area contributed by atoms with Gasteiger partial charge in [0.2, 0.25) is 0 Å². The molecule has 4 heteroatoms. The molecular formula is C18H27FN2O. The number of phenolic OH excluding ortho intramolecular Hbond substituents is 1. The van der Waals surface area contributed by atoms with E-state index < -0.39 is 5.82 Å². The van der Waals surface area contributed by atoms with Gasteiger partial charge in [-0.3, -0.25) is 4.90 Å². The lowest BCUT2D eigenvalue weighted by Crippen LogP contribution is -2.47. The molecule has 0 spiro atoms. The molecule has 0 amide bonds. The molecule has 1 aromatic carbocycles. The van der Waals surface area contributed by atoms with Gasteiger partial charge >= 0.3 is 0 Å². The summed E-state index contributed by atoms with van der Waals surface area (Å²) in [6, 6.07) is 3.90. The van der Waals surface area contributed by atoms with E-state index in [1.807, 2.05) is 12.1 Å². The molecule has 1 saturated carbocycles. The summed E-state index contributed by atoms with van der Waals surface area (Å²) in [7, 11) is 0. The fourth-order valence-corrected chi connectivity index (χ4v) is 4.08. The molecule has 1 aliphatic heterocycles. The van der Waals surface area contributed by atoms with Crippen LogP contribution in [0.15, 0.2) is 12.1 Å². The second-order valence-electron chi connectivity index (χ2n) is 6.76. The van der Waals surface area contributed by atoms with Gasteiger partial charge in [0.25, 0.3) is 0 Å². The number of phenols is 1. The third kappa shape index (κ3) is 3.13. The minimum absolute atomic E-state index is 0.130. The van der Waals surface area contributed by atoms with Gasteiger partial charge in [0, 0.05) is 37.8 Å². The number of piperazine rings is 1. The van der Waals surface area contributed by atoms with Gasteiger partial charge in [-0.1, -0.05) is 31.4 Å². The topological polar surface area (TPSA) is 35.5 Å². The molecule has 22 heavy (non-hydrogen) atoms. The lowest BCUT2D eigenvalue weighted by atomic mass is 9.79. The van der Waals surface area contributed by atoms with Crippen molar-refractivity contribution in [2.45, 2.75) is 45.1 Å². The van der Waals surface area contributed by atoms with Crippen molar-refractivity contribution >= 4 is 0 Å². The van der Waals surface area contributed by atoms with E-state index in [1.54, 1.807) is 6.92 Å². The molecular weight excluding hydrogens is 279 g/mol. The Hall–Kier alpha value is -1.13. The quantitative estimate of drug-likeness (QED) is 0.899. The molecule has 1 saturated heterocycles. The average molecular weight is 306 g/mol. The van der Waals surface area contributed by atoms with Crippen LogP contribution in [-0.2, 0) is 0 Å². The molecule has 0 aromatic heterocycles. The maximum absolute atomic E-state index is 14.2. The molecule has 3 nitrogen and oxygen atoms in total. The van der Waals surface area contributed by atoms with Gasteiger partial charge < -0.3 is 10.4 Å². The largest absolute Gasteiger partial charge is 0.505 e. The first-order chi connectivity index (χ1) is 10.7. The molecule has 3 rings (SSSR count). The normalized spacial score (nSPS) is 22.6. The van der Waals surface area contributed by atoms with Crippen LogP contribution in [0.4, 0.5) is 4.39 Å². The van der Waals surface area contributed by atoms with Gasteiger partial charge in [-0.2, -0.15) is 0 Å². The third-order valence-corrected chi connectivity index (χ3v) is 5.30. The van der Waals surface area contributed by atoms with Crippen LogP contribution < -0.4 is 5.32 Å². The van der Waals surface area contributed by atoms with Crippen LogP contribution >= 0.6 is 0 Å². The zero-order valence-corrected chi connectivity index (χ0v) is 13.4. The molecule has 2 aliphatic rings. The van der Waals surface area contributed by atoms with E-state index in [0.29, 0.717) is 11.5 Å². The summed E-state index contributed by atoms with van der Waals surface area (Å²) in [5, 5.41) is 13.8. The van der Waals surface area contributed by atoms with Crippen LogP contribution in [0.3, 0.4) is 0 Å². The van der Waals surface area contributed by atoms with E-state index in [4.69, 9.17) is 0 Å². The molecule has 0 bridgehead atoms. The summed E-state index contributed by atoms with van der Waals surface area (Å²) >= 11 is 0. The average Bonchev–Trinajstić information content (AvgIpc) is 2.57. The smallest absolute Gasteiger partial charge is 0.168 e. The molecule has 1 heterocycles. The number of aryl methyl sites for hydroxylation is 1. The number of hydrogen-bond donors (Lipinski definition) is 2. The Morgan fingerprint density at radius 3 is 2.55 bits per heavy atom. The lowest BCUT2D eigenvalue weighted by Gasteiger charge is -2.41. The fraction of sp³-hybridized carbons (Fsp3) is 0.667. The predicted octanol–water partition coefficient (Wildman–Crippen LogP) is 3.37. The fourth-order valence-electron chi connectivity index (χ4n) is 4.08. The van der Waals surface area contributed by atoms with Crippen molar-refractivity contribution < 1.29 is 9.50 Å². The molecule has 2 fully saturated rings. The first kappa shape index (κ1) is 15.8. The number of nitrogens with one attached hydrogen (secondary N) is 1. The van der Waals surface area contributed by atoms with Gasteiger partial charge in [-0.05, 0) is 31.2 Å². The van der Waals surface area contributed by atoms with Crippen molar-refractivity contribution in [2.24, 2.45) is 5.92 Å². The van der Waals surface area contributed by atoms with Crippen molar-refractivity contribution in [2.75, 3.05) is 26.2 Å². The summed E-state index contributed by atoms with van der Waals surface area (Å²) in [6.45, 7) is 5.59. The van der Waals surface area contributed by atoms with Crippen LogP contribution in [0.2, 0.25) is 0 Å². The van der Waals surface area contributed by atoms with E-state index in [2.05, 4.69) is 10.2 Å². The first-order valence-corrected chi connectivity index (χ1v) is 8.61. The standard InChI is InChI=1S/C18H27FN2O/c1-13-7-8-15(18(22)16(13)19)17(14-5-3-2-4-6-14)21-11-9-20-10-12-21/h7-8,14,17,20,22H,2-6,9-12H2,1H3/t17-/m0/s1. The van der Waals surface area contributed by atoms with Crippen molar-refractivity contribution in [3.63, 3.8) is 0 Å². The molecule has 0 unspecified atom stereocenters. The summed E-state index contributed by atoms with van der Waals surface area (Å²) in [6.07, 6.45) is 6.18. The number of nitrogens with zero attached hydrogens (tertiary/aromatic N) is 1. The van der Waals surface area contributed by atoms with Gasteiger partial charge in [0.1, 0.15) is 0 Å². The van der Waals surface area contributed by atoms with E-state index in [9.17, 15) is 9.50 Å². The summed E-state index contributed by atoms with van der Waals surface area (Å²) in [5.74, 6) is -0.0533. The van der Waals surface area contributed by atoms with E-state index in [1.165, 1.54) is 32.1 Å². The second kappa shape index (κ2) is 6.97. The summed E-state index contributed by atoms with van der Waals surface area (Å²) in [4.78, 5) is 2.44. The Labute approximate surface area is 132 Å². The number of hydrogen-bond acceptors (Lipinski definition) is 3. The molecule has 0 radical (unpaired) electrons. The van der Waals surface area contributed by atoms with Crippen LogP contribution in [0, 0.1) is 18.7 Å². The minimum atomic E-state index is -0.451. The lowest BCUT2D eigenvalue weighted by molar-refractivity contribution is 0.101. The van der Waals surface area contributed by atoms with E-state index in [-0.39, 0.29) is 11.8 Å². The highest BCUT2D eigenvalue weighted by Gasteiger charge is 2.33. The maximum atomic E-state index is 14.2. The van der Waals surface area contributed by atoms with Crippen molar-refractivity contribution in [1.82, 2.24) is 10.2 Å². The van der Waals surface area contributed by atoms with Gasteiger partial charge in [-0.15, -0.1) is 0 Å². The zero-order chi connectivity index (χ0) is 15.5. The van der Waals surface area contributed by atoms with Crippen LogP contribution in [-0.4, -0.2) is 36.2 Å². The van der Waals surface area contributed by atoms with Crippen molar-refractivity contribution in [3.05, 3.63) is 29.1 Å². The summed E-state index contributed by atoms with van der Waals surface area (Å²) in [5.41, 5.74) is 1.31. The van der Waals surface area contributed by atoms with E-state index in [0.717, 1.165) is 31.7 Å². The number of benzene rings is 1. The monoisotopic (exact) mass is 306 g/mol. The maximum Gasteiger partial charge on any atom is 0.168 e. The van der Waals surface area contributed by atoms with Crippen LogP contribution in [0.1, 0.15) is 49.3 Å². The molecule has 1 aromatic rings. The zero-order valence-electron chi connectivity index (χ0n) is 13.4. The van der Waals surface area contributed by atoms with Gasteiger partial charge in [-0.25, -0.2) is 4.39 Å². The van der Waals surface area contributed by atoms with Crippen molar-refractivity contribution in [3.8, 4) is 5.75 Å². The first-order valence-electron chi connectivity index (χ1n) is 8.61. The summed E-state index contributed by atoms with van der Waals surface area (Å²) < 4.78 is 14.2. The Kier molecular flexibility index (Phi) is 4.99. The molecule has 2 N–H and O–H groups in total. The third-order valence-electron chi connectivity index (χ3n) is 5.30. The number of aromatic hydroxyl groups is 1. The highest BCUT2D eigenvalue weighted by Crippen LogP contribution is 2.42. The molecule has 1 atom stereocenters. The van der Waals surface area contributed by atoms with Crippen LogP contribution in [0.25, 0.3) is 0 Å². The predicted molar refractivity (Wildman–Crippen MR) is 86.6 cm³/mol. The minimum Gasteiger partial charge on any atom is -0.505 e. The Balaban J connectivity index is 1.94. The van der Waals surface area contributed by atoms with Crippen LogP contribution in [0.5, 0.6) is 5.75 Å². The SMILES string of the molecule is Cc1ccc([C@H](C2CCCCC2)N2CCNCC2)c(O)c1F. The van der Waals surface area contributed by atoms with Gasteiger partial charge in [0.15, 0.2) is 11.6 Å². The number of halogens is 1. The second-order valence-corrected chi connectivity index (χ2v) is 6.76. The Bertz CT molecular complexity index is 490. The van der Waals surface area contributed by atoms with E-state index >= 15 is 0 Å². The highest BCUT2D eigenvalue weighted by molar-refractivity contribution is 5.40. The Morgan fingerprint density at radius 2 is 1.86 bits per heavy atom. The highest BCUT2D eigenvalue weighted by atomic mass is 19.1. The number of rotatable bonds is 3. The van der Waals surface area contributed by atoms with Gasteiger partial charge in [0.05, 0.1) is 0 Å². The molecule has 122 valence electrons.